The van der Waals surface area contributed by atoms with Crippen molar-refractivity contribution in [3.8, 4) is 68.2 Å². The molecule has 0 saturated heterocycles. The SMILES string of the molecule is c1ccc(-c2cccc(-c3cccc(-c4cccc(-c5cccc(-c6cccc(-c7cccnc7)n6)n5)n4)n3)n2)nc1. The molecule has 0 unspecified atom stereocenters. The minimum absolute atomic E-state index is 0.749. The minimum atomic E-state index is 0.749. The fraction of sp³-hybridized carbons (Fsp3) is 0. The Morgan fingerprint density at radius 3 is 1.05 bits per heavy atom. The van der Waals surface area contributed by atoms with Crippen molar-refractivity contribution in [1.82, 2.24) is 34.9 Å². The van der Waals surface area contributed by atoms with Gasteiger partial charge in [-0.15, -0.1) is 0 Å². The highest BCUT2D eigenvalue weighted by molar-refractivity contribution is 5.69. The van der Waals surface area contributed by atoms with Crippen LogP contribution < -0.4 is 0 Å². The molecule has 0 atom stereocenters. The van der Waals surface area contributed by atoms with Gasteiger partial charge in [0.2, 0.25) is 0 Å². The molecule has 0 saturated carbocycles. The minimum Gasteiger partial charge on any atom is -0.264 e. The van der Waals surface area contributed by atoms with E-state index in [2.05, 4.69) is 9.97 Å². The Bertz CT molecular complexity index is 1850. The van der Waals surface area contributed by atoms with E-state index in [0.717, 1.165) is 68.2 Å². The zero-order valence-electron chi connectivity index (χ0n) is 22.4. The zero-order valence-corrected chi connectivity index (χ0v) is 22.4. The van der Waals surface area contributed by atoms with Crippen LogP contribution in [-0.2, 0) is 0 Å². The average Bonchev–Trinajstić information content (AvgIpc) is 3.09. The van der Waals surface area contributed by atoms with Gasteiger partial charge in [-0.05, 0) is 84.9 Å². The Morgan fingerprint density at radius 2 is 0.667 bits per heavy atom. The van der Waals surface area contributed by atoms with E-state index in [1.165, 1.54) is 0 Å². The lowest BCUT2D eigenvalue weighted by atomic mass is 10.1. The van der Waals surface area contributed by atoms with Crippen LogP contribution >= 0.6 is 0 Å². The molecule has 42 heavy (non-hydrogen) atoms. The first-order chi connectivity index (χ1) is 20.8. The molecule has 0 spiro atoms. The van der Waals surface area contributed by atoms with Crippen molar-refractivity contribution in [2.75, 3.05) is 0 Å². The van der Waals surface area contributed by atoms with E-state index in [1.807, 2.05) is 128 Å². The summed E-state index contributed by atoms with van der Waals surface area (Å²) >= 11 is 0. The maximum Gasteiger partial charge on any atom is 0.0894 e. The lowest BCUT2D eigenvalue weighted by molar-refractivity contribution is 1.19. The van der Waals surface area contributed by atoms with Gasteiger partial charge in [-0.3, -0.25) is 9.97 Å². The van der Waals surface area contributed by atoms with Crippen LogP contribution in [0.3, 0.4) is 0 Å². The molecule has 0 aliphatic rings. The lowest BCUT2D eigenvalue weighted by Gasteiger charge is -2.08. The van der Waals surface area contributed by atoms with Crippen LogP contribution in [-0.4, -0.2) is 34.9 Å². The van der Waals surface area contributed by atoms with E-state index in [4.69, 9.17) is 24.9 Å². The van der Waals surface area contributed by atoms with Crippen LogP contribution in [0, 0.1) is 0 Å². The number of hydrogen-bond acceptors (Lipinski definition) is 7. The monoisotopic (exact) mass is 541 g/mol. The standard InChI is InChI=1S/C35H23N7/c1-2-22-37-26(10-1)27-12-4-14-30(39-27)31-16-6-18-34(41-31)35-20-7-19-33(42-35)32-17-5-15-29(40-32)28-13-3-11-25(38-28)24-9-8-21-36-23-24/h1-23H. The van der Waals surface area contributed by atoms with Gasteiger partial charge in [0, 0.05) is 24.2 Å². The van der Waals surface area contributed by atoms with Crippen LogP contribution in [0.4, 0.5) is 0 Å². The van der Waals surface area contributed by atoms with Crippen molar-refractivity contribution in [1.29, 1.82) is 0 Å². The normalized spacial score (nSPS) is 10.9. The van der Waals surface area contributed by atoms with E-state index < -0.39 is 0 Å². The first-order valence-electron chi connectivity index (χ1n) is 13.5. The summed E-state index contributed by atoms with van der Waals surface area (Å²) in [5.74, 6) is 0. The zero-order chi connectivity index (χ0) is 28.1. The summed E-state index contributed by atoms with van der Waals surface area (Å²) in [6.45, 7) is 0. The molecule has 0 aliphatic heterocycles. The Morgan fingerprint density at radius 1 is 0.286 bits per heavy atom. The number of pyridine rings is 7. The Labute approximate surface area is 242 Å². The summed E-state index contributed by atoms with van der Waals surface area (Å²) in [7, 11) is 0. The highest BCUT2D eigenvalue weighted by Gasteiger charge is 2.11. The second kappa shape index (κ2) is 11.3. The fourth-order valence-electron chi connectivity index (χ4n) is 4.65. The highest BCUT2D eigenvalue weighted by atomic mass is 14.9. The fourth-order valence-corrected chi connectivity index (χ4v) is 4.65. The molecule has 0 bridgehead atoms. The van der Waals surface area contributed by atoms with E-state index in [1.54, 1.807) is 12.4 Å². The average molecular weight is 542 g/mol. The van der Waals surface area contributed by atoms with Gasteiger partial charge in [-0.1, -0.05) is 36.4 Å². The number of aromatic nitrogens is 7. The molecule has 0 fully saturated rings. The van der Waals surface area contributed by atoms with Crippen molar-refractivity contribution in [3.63, 3.8) is 0 Å². The Hall–Kier alpha value is -5.95. The van der Waals surface area contributed by atoms with E-state index in [9.17, 15) is 0 Å². The quantitative estimate of drug-likeness (QED) is 0.216. The molecule has 7 heteroatoms. The van der Waals surface area contributed by atoms with Crippen molar-refractivity contribution in [3.05, 3.63) is 140 Å². The molecule has 0 aliphatic carbocycles. The molecule has 7 aromatic heterocycles. The number of hydrogen-bond donors (Lipinski definition) is 0. The summed E-state index contributed by atoms with van der Waals surface area (Å²) in [5, 5.41) is 0. The van der Waals surface area contributed by atoms with Gasteiger partial charge in [-0.25, -0.2) is 24.9 Å². The van der Waals surface area contributed by atoms with Crippen LogP contribution in [0.2, 0.25) is 0 Å². The molecule has 198 valence electrons. The molecule has 7 rings (SSSR count). The van der Waals surface area contributed by atoms with Gasteiger partial charge in [0.25, 0.3) is 0 Å². The number of nitrogens with zero attached hydrogens (tertiary/aromatic N) is 7. The van der Waals surface area contributed by atoms with Crippen molar-refractivity contribution < 1.29 is 0 Å². The smallest absolute Gasteiger partial charge is 0.0894 e. The molecule has 7 nitrogen and oxygen atoms in total. The summed E-state index contributed by atoms with van der Waals surface area (Å²) in [6, 6.07) is 39.1. The molecule has 0 aromatic carbocycles. The predicted molar refractivity (Wildman–Crippen MR) is 164 cm³/mol. The molecule has 0 radical (unpaired) electrons. The first-order valence-corrected chi connectivity index (χ1v) is 13.5. The van der Waals surface area contributed by atoms with Crippen molar-refractivity contribution in [2.45, 2.75) is 0 Å². The maximum atomic E-state index is 4.93. The van der Waals surface area contributed by atoms with Gasteiger partial charge in [0.15, 0.2) is 0 Å². The van der Waals surface area contributed by atoms with E-state index in [0.29, 0.717) is 0 Å². The van der Waals surface area contributed by atoms with Gasteiger partial charge < -0.3 is 0 Å². The molecular formula is C35H23N7. The van der Waals surface area contributed by atoms with E-state index in [-0.39, 0.29) is 0 Å². The third kappa shape index (κ3) is 5.26. The summed E-state index contributed by atoms with van der Waals surface area (Å²) in [5.41, 5.74) is 9.50. The van der Waals surface area contributed by atoms with Gasteiger partial charge in [0.1, 0.15) is 0 Å². The number of rotatable bonds is 6. The van der Waals surface area contributed by atoms with Gasteiger partial charge in [-0.2, -0.15) is 0 Å². The summed E-state index contributed by atoms with van der Waals surface area (Å²) in [4.78, 5) is 33.0. The second-order valence-electron chi connectivity index (χ2n) is 9.50. The predicted octanol–water partition coefficient (Wildman–Crippen LogP) is 7.45. The lowest BCUT2D eigenvalue weighted by Crippen LogP contribution is -1.96. The molecule has 7 aromatic rings. The largest absolute Gasteiger partial charge is 0.264 e. The third-order valence-corrected chi connectivity index (χ3v) is 6.68. The van der Waals surface area contributed by atoms with E-state index >= 15 is 0 Å². The van der Waals surface area contributed by atoms with Crippen molar-refractivity contribution in [2.24, 2.45) is 0 Å². The maximum absolute atomic E-state index is 4.93. The highest BCUT2D eigenvalue weighted by Crippen LogP contribution is 2.27. The van der Waals surface area contributed by atoms with Crippen LogP contribution in [0.15, 0.2) is 140 Å². The summed E-state index contributed by atoms with van der Waals surface area (Å²) in [6.07, 6.45) is 5.33. The van der Waals surface area contributed by atoms with Gasteiger partial charge in [0.05, 0.1) is 62.6 Å². The molecule has 0 amide bonds. The molecule has 7 heterocycles. The van der Waals surface area contributed by atoms with Gasteiger partial charge >= 0.3 is 0 Å². The topological polar surface area (TPSA) is 90.2 Å². The third-order valence-electron chi connectivity index (χ3n) is 6.68. The first kappa shape index (κ1) is 25.0. The van der Waals surface area contributed by atoms with Crippen molar-refractivity contribution >= 4 is 0 Å². The van der Waals surface area contributed by atoms with Crippen LogP contribution in [0.5, 0.6) is 0 Å². The molecule has 0 N–H and O–H groups in total. The Kier molecular flexibility index (Phi) is 6.72. The molecular weight excluding hydrogens is 518 g/mol. The summed E-state index contributed by atoms with van der Waals surface area (Å²) < 4.78 is 0. The van der Waals surface area contributed by atoms with Crippen LogP contribution in [0.25, 0.3) is 68.2 Å². The van der Waals surface area contributed by atoms with Crippen LogP contribution in [0.1, 0.15) is 0 Å². The second-order valence-corrected chi connectivity index (χ2v) is 9.50. The Balaban J connectivity index is 1.19.